The van der Waals surface area contributed by atoms with E-state index < -0.39 is 0 Å². The summed E-state index contributed by atoms with van der Waals surface area (Å²) in [5.74, 6) is -0.325. The van der Waals surface area contributed by atoms with Gasteiger partial charge in [0.15, 0.2) is 0 Å². The van der Waals surface area contributed by atoms with Gasteiger partial charge in [-0.25, -0.2) is 0 Å². The monoisotopic (exact) mass is 316 g/mol. The third kappa shape index (κ3) is 4.33. The predicted octanol–water partition coefficient (Wildman–Crippen LogP) is 3.79. The largest absolute Gasteiger partial charge is 0.346 e. The fourth-order valence-electron chi connectivity index (χ4n) is 2.05. The van der Waals surface area contributed by atoms with Crippen molar-refractivity contribution in [3.8, 4) is 0 Å². The Bertz CT molecular complexity index is 683. The molecule has 0 bridgehead atoms. The van der Waals surface area contributed by atoms with Crippen molar-refractivity contribution in [1.82, 2.24) is 5.32 Å². The minimum atomic E-state index is -0.179. The van der Waals surface area contributed by atoms with E-state index >= 15 is 0 Å². The highest BCUT2D eigenvalue weighted by molar-refractivity contribution is 6.30. The van der Waals surface area contributed by atoms with Crippen LogP contribution in [0.3, 0.4) is 0 Å². The maximum absolute atomic E-state index is 12.2. The van der Waals surface area contributed by atoms with Crippen LogP contribution in [0.5, 0.6) is 0 Å². The Hall–Kier alpha value is -2.33. The molecule has 0 radical (unpaired) electrons. The second kappa shape index (κ2) is 7.09. The zero-order valence-electron chi connectivity index (χ0n) is 12.4. The summed E-state index contributed by atoms with van der Waals surface area (Å²) in [6, 6.07) is 14.0. The van der Waals surface area contributed by atoms with Crippen molar-refractivity contribution in [3.63, 3.8) is 0 Å². The highest BCUT2D eigenvalue weighted by Crippen LogP contribution is 2.18. The average molecular weight is 317 g/mol. The van der Waals surface area contributed by atoms with Crippen LogP contribution in [-0.4, -0.2) is 11.8 Å². The Morgan fingerprint density at radius 1 is 1.09 bits per heavy atom. The molecule has 2 aromatic carbocycles. The summed E-state index contributed by atoms with van der Waals surface area (Å²) in [5.41, 5.74) is 2.13. The molecule has 0 aliphatic heterocycles. The van der Waals surface area contributed by atoms with E-state index in [1.165, 1.54) is 6.92 Å². The minimum Gasteiger partial charge on any atom is -0.346 e. The summed E-state index contributed by atoms with van der Waals surface area (Å²) in [6.45, 7) is 3.34. The van der Waals surface area contributed by atoms with Crippen LogP contribution in [-0.2, 0) is 4.79 Å². The molecular formula is C17H17ClN2O2. The van der Waals surface area contributed by atoms with Gasteiger partial charge in [-0.1, -0.05) is 23.7 Å². The van der Waals surface area contributed by atoms with Crippen molar-refractivity contribution in [2.45, 2.75) is 19.9 Å². The smallest absolute Gasteiger partial charge is 0.251 e. The van der Waals surface area contributed by atoms with Gasteiger partial charge in [0.05, 0.1) is 6.04 Å². The summed E-state index contributed by atoms with van der Waals surface area (Å²) in [6.07, 6.45) is 0. The molecule has 2 N–H and O–H groups in total. The second-order valence-electron chi connectivity index (χ2n) is 5.01. The number of hydrogen-bond acceptors (Lipinski definition) is 2. The Labute approximate surface area is 134 Å². The molecule has 1 atom stereocenters. The molecule has 0 fully saturated rings. The van der Waals surface area contributed by atoms with Gasteiger partial charge < -0.3 is 10.6 Å². The van der Waals surface area contributed by atoms with Crippen molar-refractivity contribution in [3.05, 3.63) is 64.7 Å². The molecule has 1 unspecified atom stereocenters. The van der Waals surface area contributed by atoms with E-state index in [9.17, 15) is 9.59 Å². The first-order valence-corrected chi connectivity index (χ1v) is 7.27. The number of hydrogen-bond donors (Lipinski definition) is 2. The summed E-state index contributed by atoms with van der Waals surface area (Å²) in [7, 11) is 0. The summed E-state index contributed by atoms with van der Waals surface area (Å²) >= 11 is 5.95. The number of carbonyl (C=O) groups is 2. The first-order valence-electron chi connectivity index (χ1n) is 6.89. The molecule has 0 aliphatic carbocycles. The first kappa shape index (κ1) is 16.0. The van der Waals surface area contributed by atoms with E-state index in [0.717, 1.165) is 5.56 Å². The molecule has 2 amide bonds. The summed E-state index contributed by atoms with van der Waals surface area (Å²) in [5, 5.41) is 6.21. The molecule has 4 nitrogen and oxygen atoms in total. The van der Waals surface area contributed by atoms with Gasteiger partial charge in [-0.05, 0) is 48.9 Å². The van der Waals surface area contributed by atoms with Crippen LogP contribution in [0.15, 0.2) is 48.5 Å². The third-order valence-electron chi connectivity index (χ3n) is 3.16. The molecule has 0 saturated heterocycles. The van der Waals surface area contributed by atoms with Crippen molar-refractivity contribution >= 4 is 29.1 Å². The summed E-state index contributed by atoms with van der Waals surface area (Å²) < 4.78 is 0. The van der Waals surface area contributed by atoms with Crippen LogP contribution < -0.4 is 10.6 Å². The van der Waals surface area contributed by atoms with E-state index in [1.54, 1.807) is 30.3 Å². The first-order chi connectivity index (χ1) is 10.5. The number of halogens is 1. The molecule has 0 heterocycles. The Balaban J connectivity index is 2.04. The van der Waals surface area contributed by atoms with E-state index in [0.29, 0.717) is 16.3 Å². The Morgan fingerprint density at radius 2 is 1.77 bits per heavy atom. The van der Waals surface area contributed by atoms with Gasteiger partial charge >= 0.3 is 0 Å². The van der Waals surface area contributed by atoms with Crippen molar-refractivity contribution < 1.29 is 9.59 Å². The van der Waals surface area contributed by atoms with E-state index in [4.69, 9.17) is 11.6 Å². The van der Waals surface area contributed by atoms with Gasteiger partial charge in [0.25, 0.3) is 5.91 Å². The number of benzene rings is 2. The van der Waals surface area contributed by atoms with Gasteiger partial charge in [0, 0.05) is 23.2 Å². The normalized spacial score (nSPS) is 11.6. The highest BCUT2D eigenvalue weighted by atomic mass is 35.5. The van der Waals surface area contributed by atoms with Crippen molar-refractivity contribution in [1.29, 1.82) is 0 Å². The number of nitrogens with one attached hydrogen (secondary N) is 2. The van der Waals surface area contributed by atoms with Gasteiger partial charge in [0.1, 0.15) is 0 Å². The van der Waals surface area contributed by atoms with Crippen molar-refractivity contribution in [2.24, 2.45) is 0 Å². The van der Waals surface area contributed by atoms with Gasteiger partial charge in [-0.3, -0.25) is 9.59 Å². The molecule has 0 aliphatic rings. The lowest BCUT2D eigenvalue weighted by Crippen LogP contribution is -2.26. The number of carbonyl (C=O) groups excluding carboxylic acids is 2. The lowest BCUT2D eigenvalue weighted by molar-refractivity contribution is -0.114. The lowest BCUT2D eigenvalue weighted by Gasteiger charge is -2.15. The van der Waals surface area contributed by atoms with Gasteiger partial charge in [-0.2, -0.15) is 0 Å². The standard InChI is InChI=1S/C17H17ClN2O2/c1-11(14-4-3-5-15(18)10-14)19-17(22)13-6-8-16(9-7-13)20-12(2)21/h3-11H,1-2H3,(H,19,22)(H,20,21). The van der Waals surface area contributed by atoms with Gasteiger partial charge in [-0.15, -0.1) is 0 Å². The maximum atomic E-state index is 12.2. The topological polar surface area (TPSA) is 58.2 Å². The Kier molecular flexibility index (Phi) is 5.17. The van der Waals surface area contributed by atoms with Crippen LogP contribution in [0.1, 0.15) is 35.8 Å². The predicted molar refractivity (Wildman–Crippen MR) is 88.1 cm³/mol. The lowest BCUT2D eigenvalue weighted by atomic mass is 10.1. The molecule has 0 aromatic heterocycles. The van der Waals surface area contributed by atoms with Gasteiger partial charge in [0.2, 0.25) is 5.91 Å². The van der Waals surface area contributed by atoms with Crippen LogP contribution in [0.25, 0.3) is 0 Å². The van der Waals surface area contributed by atoms with Crippen molar-refractivity contribution in [2.75, 3.05) is 5.32 Å². The molecule has 114 valence electrons. The quantitative estimate of drug-likeness (QED) is 0.901. The molecule has 2 aromatic rings. The van der Waals surface area contributed by atoms with E-state index in [-0.39, 0.29) is 17.9 Å². The SMILES string of the molecule is CC(=O)Nc1ccc(C(=O)NC(C)c2cccc(Cl)c2)cc1. The third-order valence-corrected chi connectivity index (χ3v) is 3.40. The number of rotatable bonds is 4. The molecular weight excluding hydrogens is 300 g/mol. The maximum Gasteiger partial charge on any atom is 0.251 e. The minimum absolute atomic E-state index is 0.146. The van der Waals surface area contributed by atoms with Crippen LogP contribution in [0, 0.1) is 0 Å². The molecule has 2 rings (SSSR count). The second-order valence-corrected chi connectivity index (χ2v) is 5.45. The fraction of sp³-hybridized carbons (Fsp3) is 0.176. The van der Waals surface area contributed by atoms with Crippen LogP contribution in [0.2, 0.25) is 5.02 Å². The molecule has 5 heteroatoms. The number of amides is 2. The number of anilines is 1. The molecule has 0 spiro atoms. The van der Waals surface area contributed by atoms with Crippen LogP contribution in [0.4, 0.5) is 5.69 Å². The van der Waals surface area contributed by atoms with E-state index in [2.05, 4.69) is 10.6 Å². The molecule has 22 heavy (non-hydrogen) atoms. The average Bonchev–Trinajstić information content (AvgIpc) is 2.47. The fourth-order valence-corrected chi connectivity index (χ4v) is 2.25. The zero-order chi connectivity index (χ0) is 16.1. The highest BCUT2D eigenvalue weighted by Gasteiger charge is 2.11. The summed E-state index contributed by atoms with van der Waals surface area (Å²) in [4.78, 5) is 23.2. The molecule has 0 saturated carbocycles. The zero-order valence-corrected chi connectivity index (χ0v) is 13.1. The van der Waals surface area contributed by atoms with Crippen LogP contribution >= 0.6 is 11.6 Å². The Morgan fingerprint density at radius 3 is 2.36 bits per heavy atom. The van der Waals surface area contributed by atoms with E-state index in [1.807, 2.05) is 25.1 Å².